The van der Waals surface area contributed by atoms with Crippen LogP contribution in [0.2, 0.25) is 0 Å². The molecule has 1 fully saturated rings. The molecule has 1 heterocycles. The van der Waals surface area contributed by atoms with Gasteiger partial charge in [-0.1, -0.05) is 30.3 Å². The fourth-order valence-corrected chi connectivity index (χ4v) is 2.13. The molecule has 80 valence electrons. The number of ketones is 1. The van der Waals surface area contributed by atoms with Gasteiger partial charge in [0.25, 0.3) is 0 Å². The van der Waals surface area contributed by atoms with Crippen molar-refractivity contribution in [1.29, 1.82) is 0 Å². The summed E-state index contributed by atoms with van der Waals surface area (Å²) in [6.07, 6.45) is 0.462. The molecular weight excluding hydrogens is 188 g/mol. The normalized spacial score (nSPS) is 29.4. The van der Waals surface area contributed by atoms with Crippen molar-refractivity contribution in [3.8, 4) is 0 Å². The molecule has 2 heteroatoms. The Morgan fingerprint density at radius 2 is 1.73 bits per heavy atom. The maximum Gasteiger partial charge on any atom is 0.167 e. The van der Waals surface area contributed by atoms with Gasteiger partial charge in [-0.25, -0.2) is 0 Å². The number of benzene rings is 1. The molecule has 2 nitrogen and oxygen atoms in total. The number of rotatable bonds is 1. The van der Waals surface area contributed by atoms with Gasteiger partial charge >= 0.3 is 0 Å². The Labute approximate surface area is 90.3 Å². The minimum absolute atomic E-state index is 0.175. The molecule has 1 aromatic carbocycles. The quantitative estimate of drug-likeness (QED) is 0.703. The molecule has 0 amide bonds. The third-order valence-electron chi connectivity index (χ3n) is 3.03. The third-order valence-corrected chi connectivity index (χ3v) is 3.03. The fourth-order valence-electron chi connectivity index (χ4n) is 2.13. The van der Waals surface area contributed by atoms with Gasteiger partial charge in [0.1, 0.15) is 5.60 Å². The topological polar surface area (TPSA) is 26.3 Å². The van der Waals surface area contributed by atoms with Crippen molar-refractivity contribution in [2.75, 3.05) is 0 Å². The van der Waals surface area contributed by atoms with Gasteiger partial charge in [0.15, 0.2) is 5.78 Å². The Kier molecular flexibility index (Phi) is 2.19. The highest BCUT2D eigenvalue weighted by Crippen LogP contribution is 2.41. The lowest BCUT2D eigenvalue weighted by atomic mass is 9.91. The van der Waals surface area contributed by atoms with Crippen molar-refractivity contribution in [2.24, 2.45) is 0 Å². The van der Waals surface area contributed by atoms with Crippen LogP contribution >= 0.6 is 0 Å². The number of carbonyl (C=O) groups excluding carboxylic acids is 1. The average molecular weight is 204 g/mol. The number of carbonyl (C=O) groups is 1. The van der Waals surface area contributed by atoms with Crippen LogP contribution in [0.15, 0.2) is 30.3 Å². The van der Waals surface area contributed by atoms with Crippen LogP contribution in [0, 0.1) is 0 Å². The van der Waals surface area contributed by atoms with Gasteiger partial charge in [0.05, 0.1) is 5.60 Å². The third kappa shape index (κ3) is 1.70. The molecule has 2 rings (SSSR count). The van der Waals surface area contributed by atoms with E-state index in [1.807, 2.05) is 51.1 Å². The number of hydrogen-bond acceptors (Lipinski definition) is 2. The molecule has 1 aliphatic heterocycles. The van der Waals surface area contributed by atoms with E-state index >= 15 is 0 Å². The van der Waals surface area contributed by atoms with Gasteiger partial charge < -0.3 is 4.74 Å². The van der Waals surface area contributed by atoms with E-state index < -0.39 is 11.2 Å². The van der Waals surface area contributed by atoms with Crippen LogP contribution in [0.1, 0.15) is 32.8 Å². The summed E-state index contributed by atoms with van der Waals surface area (Å²) in [5.41, 5.74) is -0.0316. The molecular formula is C13H16O2. The SMILES string of the molecule is CC1(C)O[C@](C)(c2ccccc2)CC1=O. The smallest absolute Gasteiger partial charge is 0.167 e. The summed E-state index contributed by atoms with van der Waals surface area (Å²) >= 11 is 0. The zero-order chi connectivity index (χ0) is 11.1. The molecule has 0 saturated carbocycles. The summed E-state index contributed by atoms with van der Waals surface area (Å²) in [4.78, 5) is 11.8. The minimum atomic E-state index is -0.648. The minimum Gasteiger partial charge on any atom is -0.356 e. The lowest BCUT2D eigenvalue weighted by Gasteiger charge is -2.27. The maximum absolute atomic E-state index is 11.8. The van der Waals surface area contributed by atoms with Gasteiger partial charge in [0, 0.05) is 6.42 Å². The van der Waals surface area contributed by atoms with Crippen LogP contribution in [0.3, 0.4) is 0 Å². The lowest BCUT2D eigenvalue weighted by molar-refractivity contribution is -0.133. The summed E-state index contributed by atoms with van der Waals surface area (Å²) < 4.78 is 5.89. The summed E-state index contributed by atoms with van der Waals surface area (Å²) in [6.45, 7) is 5.65. The van der Waals surface area contributed by atoms with Crippen molar-refractivity contribution in [2.45, 2.75) is 38.4 Å². The van der Waals surface area contributed by atoms with Crippen LogP contribution < -0.4 is 0 Å². The molecule has 15 heavy (non-hydrogen) atoms. The van der Waals surface area contributed by atoms with Crippen LogP contribution in [-0.4, -0.2) is 11.4 Å². The second-order valence-electron chi connectivity index (χ2n) is 4.81. The highest BCUT2D eigenvalue weighted by molar-refractivity contribution is 5.89. The first-order valence-corrected chi connectivity index (χ1v) is 5.23. The number of Topliss-reactive ketones (excluding diaryl/α,β-unsaturated/α-hetero) is 1. The van der Waals surface area contributed by atoms with E-state index in [1.165, 1.54) is 0 Å². The molecule has 0 radical (unpaired) electrons. The monoisotopic (exact) mass is 204 g/mol. The van der Waals surface area contributed by atoms with E-state index in [0.29, 0.717) is 6.42 Å². The van der Waals surface area contributed by atoms with E-state index in [4.69, 9.17) is 4.74 Å². The van der Waals surface area contributed by atoms with Crippen LogP contribution in [0.5, 0.6) is 0 Å². The molecule has 0 bridgehead atoms. The second kappa shape index (κ2) is 3.17. The maximum atomic E-state index is 11.8. The van der Waals surface area contributed by atoms with E-state index in [-0.39, 0.29) is 5.78 Å². The van der Waals surface area contributed by atoms with E-state index in [1.54, 1.807) is 0 Å². The van der Waals surface area contributed by atoms with Crippen molar-refractivity contribution in [1.82, 2.24) is 0 Å². The zero-order valence-corrected chi connectivity index (χ0v) is 9.41. The molecule has 1 saturated heterocycles. The van der Waals surface area contributed by atoms with E-state index in [9.17, 15) is 4.79 Å². The van der Waals surface area contributed by atoms with Crippen molar-refractivity contribution >= 4 is 5.78 Å². The fraction of sp³-hybridized carbons (Fsp3) is 0.462. The van der Waals surface area contributed by atoms with Crippen molar-refractivity contribution < 1.29 is 9.53 Å². The van der Waals surface area contributed by atoms with Gasteiger partial charge in [-0.3, -0.25) is 4.79 Å². The van der Waals surface area contributed by atoms with Gasteiger partial charge in [-0.2, -0.15) is 0 Å². The molecule has 1 aliphatic rings. The predicted molar refractivity (Wildman–Crippen MR) is 58.6 cm³/mol. The first kappa shape index (κ1) is 10.4. The largest absolute Gasteiger partial charge is 0.356 e. The standard InChI is InChI=1S/C13H16O2/c1-12(2)11(14)9-13(3,15-12)10-7-5-4-6-8-10/h4-8H,9H2,1-3H3/t13-/m0/s1. The molecule has 0 unspecified atom stereocenters. The average Bonchev–Trinajstić information content (AvgIpc) is 2.38. The van der Waals surface area contributed by atoms with Crippen molar-refractivity contribution in [3.63, 3.8) is 0 Å². The number of ether oxygens (including phenoxy) is 1. The zero-order valence-electron chi connectivity index (χ0n) is 9.41. The highest BCUT2D eigenvalue weighted by Gasteiger charge is 2.48. The van der Waals surface area contributed by atoms with Crippen molar-refractivity contribution in [3.05, 3.63) is 35.9 Å². The summed E-state index contributed by atoms with van der Waals surface area (Å²) in [5, 5.41) is 0. The molecule has 0 N–H and O–H groups in total. The second-order valence-corrected chi connectivity index (χ2v) is 4.81. The van der Waals surface area contributed by atoms with Crippen LogP contribution in [-0.2, 0) is 15.1 Å². The highest BCUT2D eigenvalue weighted by atomic mass is 16.5. The van der Waals surface area contributed by atoms with E-state index in [0.717, 1.165) is 5.56 Å². The van der Waals surface area contributed by atoms with Gasteiger partial charge in [0.2, 0.25) is 0 Å². The lowest BCUT2D eigenvalue weighted by Crippen LogP contribution is -2.29. The molecule has 0 aromatic heterocycles. The summed E-state index contributed by atoms with van der Waals surface area (Å²) in [6, 6.07) is 9.93. The van der Waals surface area contributed by atoms with E-state index in [2.05, 4.69) is 0 Å². The summed E-state index contributed by atoms with van der Waals surface area (Å²) in [5.74, 6) is 0.175. The van der Waals surface area contributed by atoms with Gasteiger partial charge in [-0.15, -0.1) is 0 Å². The molecule has 1 atom stereocenters. The molecule has 0 spiro atoms. The van der Waals surface area contributed by atoms with Gasteiger partial charge in [-0.05, 0) is 26.3 Å². The summed E-state index contributed by atoms with van der Waals surface area (Å²) in [7, 11) is 0. The predicted octanol–water partition coefficient (Wildman–Crippen LogP) is 2.67. The first-order valence-electron chi connectivity index (χ1n) is 5.23. The molecule has 0 aliphatic carbocycles. The first-order chi connectivity index (χ1) is 6.94. The van der Waals surface area contributed by atoms with Crippen LogP contribution in [0.4, 0.5) is 0 Å². The Morgan fingerprint density at radius 3 is 2.20 bits per heavy atom. The Balaban J connectivity index is 2.36. The Morgan fingerprint density at radius 1 is 1.13 bits per heavy atom. The Bertz CT molecular complexity index is 381. The molecule has 1 aromatic rings. The van der Waals surface area contributed by atoms with Crippen LogP contribution in [0.25, 0.3) is 0 Å². The number of hydrogen-bond donors (Lipinski definition) is 0. The Hall–Kier alpha value is -1.15.